The fourth-order valence-electron chi connectivity index (χ4n) is 0.837. The van der Waals surface area contributed by atoms with Gasteiger partial charge in [0.25, 0.3) is 0 Å². The predicted octanol–water partition coefficient (Wildman–Crippen LogP) is 3.32. The van der Waals surface area contributed by atoms with Gasteiger partial charge in [-0.15, -0.1) is 0 Å². The lowest BCUT2D eigenvalue weighted by atomic mass is 10.1. The van der Waals surface area contributed by atoms with Crippen LogP contribution in [0.1, 0.15) is 0 Å². The molecule has 1 aliphatic rings. The number of ether oxygens (including phenoxy) is 1. The molecule has 0 aliphatic heterocycles. The summed E-state index contributed by atoms with van der Waals surface area (Å²) in [5, 5.41) is 9.32. The Bertz CT molecular complexity index is 280. The molecule has 1 aliphatic carbocycles. The molecule has 0 bridgehead atoms. The summed E-state index contributed by atoms with van der Waals surface area (Å²) in [5.74, 6) is -0.0497. The van der Waals surface area contributed by atoms with Gasteiger partial charge >= 0.3 is 0 Å². The lowest BCUT2D eigenvalue weighted by Gasteiger charge is -2.31. The second-order valence-corrected chi connectivity index (χ2v) is 5.26. The van der Waals surface area contributed by atoms with E-state index in [1.807, 2.05) is 0 Å². The molecule has 74 valence electrons. The predicted molar refractivity (Wildman–Crippen MR) is 54.7 cm³/mol. The van der Waals surface area contributed by atoms with E-state index in [1.54, 1.807) is 0 Å². The molecule has 0 saturated carbocycles. The lowest BCUT2D eigenvalue weighted by molar-refractivity contribution is 0.250. The lowest BCUT2D eigenvalue weighted by Crippen LogP contribution is -2.36. The molecule has 1 rings (SSSR count). The van der Waals surface area contributed by atoms with Crippen molar-refractivity contribution in [3.8, 4) is 0 Å². The Balaban J connectivity index is 3.13. The van der Waals surface area contributed by atoms with Gasteiger partial charge in [-0.1, -0.05) is 46.4 Å². The Hall–Kier alpha value is 0.240. The number of halogens is 4. The highest BCUT2D eigenvalue weighted by Gasteiger charge is 2.48. The fourth-order valence-corrected chi connectivity index (χ4v) is 1.46. The molecule has 0 saturated heterocycles. The van der Waals surface area contributed by atoms with Crippen molar-refractivity contribution in [3.05, 3.63) is 23.7 Å². The Labute approximate surface area is 95.7 Å². The van der Waals surface area contributed by atoms with E-state index in [0.29, 0.717) is 0 Å². The maximum absolute atomic E-state index is 9.32. The van der Waals surface area contributed by atoms with Crippen LogP contribution in [-0.4, -0.2) is 20.9 Å². The molecular weight excluding hydrogens is 258 g/mol. The van der Waals surface area contributed by atoms with Crippen molar-refractivity contribution in [2.45, 2.75) is 8.67 Å². The summed E-state index contributed by atoms with van der Waals surface area (Å²) in [6, 6.07) is 0. The summed E-state index contributed by atoms with van der Waals surface area (Å²) < 4.78 is 1.70. The van der Waals surface area contributed by atoms with Crippen molar-refractivity contribution >= 4 is 46.4 Å². The minimum Gasteiger partial charge on any atom is -0.504 e. The van der Waals surface area contributed by atoms with Gasteiger partial charge in [0.2, 0.25) is 0 Å². The molecule has 1 N–H and O–H groups in total. The second-order valence-electron chi connectivity index (χ2n) is 2.49. The third kappa shape index (κ3) is 2.01. The van der Waals surface area contributed by atoms with Gasteiger partial charge in [-0.05, 0) is 0 Å². The molecule has 2 nitrogen and oxygen atoms in total. The number of hydrogen-bond acceptors (Lipinski definition) is 2. The number of alkyl halides is 4. The van der Waals surface area contributed by atoms with E-state index in [9.17, 15) is 5.11 Å². The van der Waals surface area contributed by atoms with Crippen molar-refractivity contribution in [2.75, 3.05) is 7.11 Å². The first-order valence-corrected chi connectivity index (χ1v) is 4.76. The van der Waals surface area contributed by atoms with Crippen molar-refractivity contribution in [3.63, 3.8) is 0 Å². The first kappa shape index (κ1) is 11.3. The van der Waals surface area contributed by atoms with Crippen LogP contribution in [0.15, 0.2) is 23.7 Å². The molecule has 0 radical (unpaired) electrons. The molecule has 0 spiro atoms. The number of aliphatic hydroxyl groups excluding tert-OH is 1. The monoisotopic (exact) mass is 262 g/mol. The van der Waals surface area contributed by atoms with Crippen molar-refractivity contribution in [1.82, 2.24) is 0 Å². The summed E-state index contributed by atoms with van der Waals surface area (Å²) in [5.41, 5.74) is 0. The van der Waals surface area contributed by atoms with Crippen LogP contribution in [0.3, 0.4) is 0 Å². The summed E-state index contributed by atoms with van der Waals surface area (Å²) in [4.78, 5) is 0. The SMILES string of the molecule is COC1=CC(Cl)(Cl)C(Cl)(Cl)C=C1O. The van der Waals surface area contributed by atoms with E-state index in [1.165, 1.54) is 13.2 Å². The Morgan fingerprint density at radius 2 is 1.62 bits per heavy atom. The number of methoxy groups -OCH3 is 1. The third-order valence-electron chi connectivity index (χ3n) is 1.55. The molecule has 0 heterocycles. The van der Waals surface area contributed by atoms with Gasteiger partial charge < -0.3 is 9.84 Å². The van der Waals surface area contributed by atoms with Crippen LogP contribution in [0, 0.1) is 0 Å². The first-order chi connectivity index (χ1) is 5.80. The van der Waals surface area contributed by atoms with Crippen LogP contribution in [0.25, 0.3) is 0 Å². The molecule has 6 heteroatoms. The maximum Gasteiger partial charge on any atom is 0.176 e. The van der Waals surface area contributed by atoms with Crippen LogP contribution in [0.2, 0.25) is 0 Å². The van der Waals surface area contributed by atoms with Crippen molar-refractivity contribution in [1.29, 1.82) is 0 Å². The van der Waals surface area contributed by atoms with E-state index in [2.05, 4.69) is 0 Å². The highest BCUT2D eigenvalue weighted by Crippen LogP contribution is 2.48. The van der Waals surface area contributed by atoms with Crippen LogP contribution < -0.4 is 0 Å². The van der Waals surface area contributed by atoms with Gasteiger partial charge in [0.05, 0.1) is 7.11 Å². The van der Waals surface area contributed by atoms with Crippen LogP contribution in [-0.2, 0) is 4.74 Å². The number of rotatable bonds is 1. The van der Waals surface area contributed by atoms with Crippen LogP contribution in [0.4, 0.5) is 0 Å². The van der Waals surface area contributed by atoms with Gasteiger partial charge in [-0.3, -0.25) is 0 Å². The summed E-state index contributed by atoms with van der Waals surface area (Å²) >= 11 is 23.1. The molecule has 0 amide bonds. The number of allylic oxidation sites excluding steroid dienone is 2. The Morgan fingerprint density at radius 1 is 1.15 bits per heavy atom. The van der Waals surface area contributed by atoms with E-state index >= 15 is 0 Å². The van der Waals surface area contributed by atoms with Gasteiger partial charge in [-0.2, -0.15) is 0 Å². The smallest absolute Gasteiger partial charge is 0.176 e. The quantitative estimate of drug-likeness (QED) is 0.736. The topological polar surface area (TPSA) is 29.5 Å². The number of aliphatic hydroxyl groups is 1. The van der Waals surface area contributed by atoms with Crippen molar-refractivity contribution < 1.29 is 9.84 Å². The van der Waals surface area contributed by atoms with Crippen molar-refractivity contribution in [2.24, 2.45) is 0 Å². The summed E-state index contributed by atoms with van der Waals surface area (Å²) in [7, 11) is 1.37. The number of hydrogen-bond donors (Lipinski definition) is 1. The van der Waals surface area contributed by atoms with Gasteiger partial charge in [0.15, 0.2) is 20.2 Å². The molecule has 0 aromatic heterocycles. The minimum atomic E-state index is -1.57. The molecule has 0 aromatic rings. The maximum atomic E-state index is 9.32. The normalized spacial score (nSPS) is 24.7. The van der Waals surface area contributed by atoms with E-state index in [0.717, 1.165) is 6.08 Å². The Kier molecular flexibility index (Phi) is 2.98. The van der Waals surface area contributed by atoms with Crippen LogP contribution in [0.5, 0.6) is 0 Å². The first-order valence-electron chi connectivity index (χ1n) is 3.25. The molecule has 13 heavy (non-hydrogen) atoms. The second kappa shape index (κ2) is 3.43. The average molecular weight is 264 g/mol. The fraction of sp³-hybridized carbons (Fsp3) is 0.429. The molecule has 0 unspecified atom stereocenters. The van der Waals surface area contributed by atoms with Crippen LogP contribution >= 0.6 is 46.4 Å². The summed E-state index contributed by atoms with van der Waals surface area (Å²) in [6.07, 6.45) is 2.36. The summed E-state index contributed by atoms with van der Waals surface area (Å²) in [6.45, 7) is 0. The average Bonchev–Trinajstić information content (AvgIpc) is 1.96. The molecule has 0 fully saturated rings. The standard InChI is InChI=1S/C7H6Cl4O2/c1-13-5-3-7(10,11)6(8,9)2-4(5)12/h2-3,12H,1H3. The molecule has 0 aromatic carbocycles. The zero-order valence-corrected chi connectivity index (χ0v) is 9.55. The van der Waals surface area contributed by atoms with Gasteiger partial charge in [0.1, 0.15) is 0 Å². The molecular formula is C7H6Cl4O2. The highest BCUT2D eigenvalue weighted by atomic mass is 35.5. The zero-order valence-electron chi connectivity index (χ0n) is 6.52. The molecule has 0 atom stereocenters. The van der Waals surface area contributed by atoms with Gasteiger partial charge in [0, 0.05) is 12.2 Å². The van der Waals surface area contributed by atoms with E-state index < -0.39 is 8.67 Å². The van der Waals surface area contributed by atoms with E-state index in [-0.39, 0.29) is 11.5 Å². The highest BCUT2D eigenvalue weighted by molar-refractivity contribution is 6.64. The Morgan fingerprint density at radius 3 is 2.08 bits per heavy atom. The van der Waals surface area contributed by atoms with E-state index in [4.69, 9.17) is 51.1 Å². The van der Waals surface area contributed by atoms with Gasteiger partial charge in [-0.25, -0.2) is 0 Å². The largest absolute Gasteiger partial charge is 0.504 e. The third-order valence-corrected chi connectivity index (χ3v) is 3.56. The minimum absolute atomic E-state index is 0.141. The zero-order chi connectivity index (χ0) is 10.3.